The van der Waals surface area contributed by atoms with Crippen molar-refractivity contribution in [1.82, 2.24) is 0 Å². The minimum Gasteiger partial charge on any atom is -0.294 e. The number of hydrogen-bond donors (Lipinski definition) is 0. The fraction of sp³-hybridized carbons (Fsp3) is 0.0625. The third-order valence-electron chi connectivity index (χ3n) is 3.13. The number of ketones is 1. The molecule has 0 saturated heterocycles. The second-order valence-corrected chi connectivity index (χ2v) is 5.31. The zero-order valence-electron chi connectivity index (χ0n) is 10.3. The van der Waals surface area contributed by atoms with Crippen molar-refractivity contribution in [1.29, 1.82) is 0 Å². The van der Waals surface area contributed by atoms with E-state index in [-0.39, 0.29) is 11.6 Å². The summed E-state index contributed by atoms with van der Waals surface area (Å²) < 4.78 is 14.6. The predicted molar refractivity (Wildman–Crippen MR) is 77.2 cm³/mol. The van der Waals surface area contributed by atoms with Crippen LogP contribution < -0.4 is 0 Å². The average Bonchev–Trinajstić information content (AvgIpc) is 2.86. The maximum Gasteiger partial charge on any atom is 0.160 e. The maximum absolute atomic E-state index is 13.5. The first-order chi connectivity index (χ1) is 9.16. The lowest BCUT2D eigenvalue weighted by Gasteiger charge is -2.08. The van der Waals surface area contributed by atoms with Gasteiger partial charge in [-0.05, 0) is 47.5 Å². The molecule has 1 heterocycles. The van der Waals surface area contributed by atoms with Crippen LogP contribution in [0, 0.1) is 5.82 Å². The highest BCUT2D eigenvalue weighted by Crippen LogP contribution is 2.34. The van der Waals surface area contributed by atoms with E-state index in [1.807, 2.05) is 29.6 Å². The number of carbonyl (C=O) groups is 1. The van der Waals surface area contributed by atoms with E-state index in [0.717, 1.165) is 15.6 Å². The third kappa shape index (κ3) is 2.06. The first kappa shape index (κ1) is 12.1. The molecule has 0 saturated carbocycles. The van der Waals surface area contributed by atoms with Crippen LogP contribution in [0.3, 0.4) is 0 Å². The molecule has 94 valence electrons. The zero-order chi connectivity index (χ0) is 13.4. The Bertz CT molecular complexity index is 773. The summed E-state index contributed by atoms with van der Waals surface area (Å²) in [6.07, 6.45) is 0. The predicted octanol–water partition coefficient (Wildman–Crippen LogP) is 4.91. The van der Waals surface area contributed by atoms with Crippen molar-refractivity contribution in [3.8, 4) is 11.1 Å². The van der Waals surface area contributed by atoms with E-state index in [4.69, 9.17) is 0 Å². The standard InChI is InChI=1S/C16H11FOS/c1-10(18)13-6-5-12(17)9-15(13)14-4-2-3-11-7-8-19-16(11)14/h2-9H,1H3. The van der Waals surface area contributed by atoms with Gasteiger partial charge >= 0.3 is 0 Å². The van der Waals surface area contributed by atoms with Gasteiger partial charge in [0.15, 0.2) is 5.78 Å². The Kier molecular flexibility index (Phi) is 2.91. The summed E-state index contributed by atoms with van der Waals surface area (Å²) >= 11 is 1.60. The lowest BCUT2D eigenvalue weighted by Crippen LogP contribution is -1.97. The van der Waals surface area contributed by atoms with Gasteiger partial charge in [-0.15, -0.1) is 11.3 Å². The summed E-state index contributed by atoms with van der Waals surface area (Å²) in [5, 5.41) is 3.11. The Morgan fingerprint density at radius 2 is 1.95 bits per heavy atom. The molecule has 0 aliphatic heterocycles. The molecule has 3 heteroatoms. The van der Waals surface area contributed by atoms with Gasteiger partial charge in [0.1, 0.15) is 5.82 Å². The summed E-state index contributed by atoms with van der Waals surface area (Å²) in [5.41, 5.74) is 2.14. The van der Waals surface area contributed by atoms with Crippen LogP contribution in [0.4, 0.5) is 4.39 Å². The second kappa shape index (κ2) is 4.59. The normalized spacial score (nSPS) is 10.8. The highest BCUT2D eigenvalue weighted by Gasteiger charge is 2.13. The van der Waals surface area contributed by atoms with Gasteiger partial charge in [0.2, 0.25) is 0 Å². The van der Waals surface area contributed by atoms with Crippen molar-refractivity contribution < 1.29 is 9.18 Å². The second-order valence-electron chi connectivity index (χ2n) is 4.39. The number of Topliss-reactive ketones (excluding diaryl/α,β-unsaturated/α-hetero) is 1. The molecule has 0 radical (unpaired) electrons. The van der Waals surface area contributed by atoms with Gasteiger partial charge in [-0.1, -0.05) is 18.2 Å². The maximum atomic E-state index is 13.5. The molecule has 0 aliphatic rings. The van der Waals surface area contributed by atoms with Gasteiger partial charge in [0.05, 0.1) is 0 Å². The zero-order valence-corrected chi connectivity index (χ0v) is 11.1. The molecule has 0 spiro atoms. The molecule has 0 unspecified atom stereocenters. The summed E-state index contributed by atoms with van der Waals surface area (Å²) in [6.45, 7) is 1.51. The number of halogens is 1. The Morgan fingerprint density at radius 3 is 2.74 bits per heavy atom. The van der Waals surface area contributed by atoms with E-state index in [2.05, 4.69) is 0 Å². The molecule has 2 aromatic carbocycles. The van der Waals surface area contributed by atoms with E-state index in [1.54, 1.807) is 17.4 Å². The van der Waals surface area contributed by atoms with Crippen LogP contribution in [0.5, 0.6) is 0 Å². The molecule has 0 aliphatic carbocycles. The molecule has 3 rings (SSSR count). The Morgan fingerprint density at radius 1 is 1.11 bits per heavy atom. The number of carbonyl (C=O) groups excluding carboxylic acids is 1. The van der Waals surface area contributed by atoms with Crippen molar-refractivity contribution in [3.05, 3.63) is 59.2 Å². The van der Waals surface area contributed by atoms with Crippen molar-refractivity contribution in [2.75, 3.05) is 0 Å². The Hall–Kier alpha value is -2.00. The van der Waals surface area contributed by atoms with Crippen LogP contribution in [0.15, 0.2) is 47.8 Å². The quantitative estimate of drug-likeness (QED) is 0.605. The number of thiophene rings is 1. The molecule has 0 bridgehead atoms. The Labute approximate surface area is 114 Å². The molecule has 3 aromatic rings. The molecular formula is C16H11FOS. The third-order valence-corrected chi connectivity index (χ3v) is 4.09. The molecule has 19 heavy (non-hydrogen) atoms. The van der Waals surface area contributed by atoms with Gasteiger partial charge in [0.25, 0.3) is 0 Å². The summed E-state index contributed by atoms with van der Waals surface area (Å²) in [4.78, 5) is 11.7. The lowest BCUT2D eigenvalue weighted by molar-refractivity contribution is 0.101. The van der Waals surface area contributed by atoms with Gasteiger partial charge in [0, 0.05) is 15.8 Å². The fourth-order valence-corrected chi connectivity index (χ4v) is 3.18. The fourth-order valence-electron chi connectivity index (χ4n) is 2.25. The lowest BCUT2D eigenvalue weighted by atomic mass is 9.96. The topological polar surface area (TPSA) is 17.1 Å². The van der Waals surface area contributed by atoms with Crippen LogP contribution in [0.25, 0.3) is 21.2 Å². The van der Waals surface area contributed by atoms with E-state index in [0.29, 0.717) is 11.1 Å². The molecule has 0 atom stereocenters. The first-order valence-electron chi connectivity index (χ1n) is 5.94. The van der Waals surface area contributed by atoms with Crippen molar-refractivity contribution in [2.45, 2.75) is 6.92 Å². The van der Waals surface area contributed by atoms with Crippen LogP contribution in [0.1, 0.15) is 17.3 Å². The SMILES string of the molecule is CC(=O)c1ccc(F)cc1-c1cccc2ccsc12. The Balaban J connectivity index is 2.35. The van der Waals surface area contributed by atoms with Gasteiger partial charge in [-0.25, -0.2) is 4.39 Å². The molecule has 1 nitrogen and oxygen atoms in total. The van der Waals surface area contributed by atoms with Gasteiger partial charge in [-0.2, -0.15) is 0 Å². The number of hydrogen-bond acceptors (Lipinski definition) is 2. The minimum absolute atomic E-state index is 0.0523. The van der Waals surface area contributed by atoms with E-state index in [1.165, 1.54) is 19.1 Å². The van der Waals surface area contributed by atoms with Crippen LogP contribution in [0.2, 0.25) is 0 Å². The van der Waals surface area contributed by atoms with Gasteiger partial charge < -0.3 is 0 Å². The van der Waals surface area contributed by atoms with E-state index < -0.39 is 0 Å². The summed E-state index contributed by atoms with van der Waals surface area (Å²) in [5.74, 6) is -0.378. The largest absolute Gasteiger partial charge is 0.294 e. The minimum atomic E-state index is -0.325. The highest BCUT2D eigenvalue weighted by molar-refractivity contribution is 7.17. The molecule has 0 N–H and O–H groups in total. The monoisotopic (exact) mass is 270 g/mol. The van der Waals surface area contributed by atoms with Crippen molar-refractivity contribution in [3.63, 3.8) is 0 Å². The molecular weight excluding hydrogens is 259 g/mol. The molecule has 0 fully saturated rings. The molecule has 0 amide bonds. The number of rotatable bonds is 2. The summed E-state index contributed by atoms with van der Waals surface area (Å²) in [6, 6.07) is 12.2. The molecule has 1 aromatic heterocycles. The smallest absolute Gasteiger partial charge is 0.160 e. The van der Waals surface area contributed by atoms with Crippen LogP contribution in [-0.2, 0) is 0 Å². The van der Waals surface area contributed by atoms with E-state index in [9.17, 15) is 9.18 Å². The highest BCUT2D eigenvalue weighted by atomic mass is 32.1. The first-order valence-corrected chi connectivity index (χ1v) is 6.82. The van der Waals surface area contributed by atoms with E-state index >= 15 is 0 Å². The summed E-state index contributed by atoms with van der Waals surface area (Å²) in [7, 11) is 0. The van der Waals surface area contributed by atoms with Crippen molar-refractivity contribution >= 4 is 27.2 Å². The van der Waals surface area contributed by atoms with Crippen molar-refractivity contribution in [2.24, 2.45) is 0 Å². The van der Waals surface area contributed by atoms with Crippen LogP contribution >= 0.6 is 11.3 Å². The number of benzene rings is 2. The van der Waals surface area contributed by atoms with Gasteiger partial charge in [-0.3, -0.25) is 4.79 Å². The number of fused-ring (bicyclic) bond motifs is 1. The van der Waals surface area contributed by atoms with Crippen LogP contribution in [-0.4, -0.2) is 5.78 Å². The average molecular weight is 270 g/mol.